The highest BCUT2D eigenvalue weighted by molar-refractivity contribution is 7.11. The number of nitrogens with two attached hydrogens (primary N) is 1. The quantitative estimate of drug-likeness (QED) is 0.882. The minimum Gasteiger partial charge on any atom is -0.368 e. The lowest BCUT2D eigenvalue weighted by Gasteiger charge is -2.31. The molecule has 0 bridgehead atoms. The summed E-state index contributed by atoms with van der Waals surface area (Å²) < 4.78 is 1.28. The molecule has 8 nitrogen and oxygen atoms in total. The van der Waals surface area contributed by atoms with Gasteiger partial charge in [0, 0.05) is 23.9 Å². The maximum Gasteiger partial charge on any atom is 0.276 e. The van der Waals surface area contributed by atoms with Crippen molar-refractivity contribution in [2.45, 2.75) is 39.2 Å². The van der Waals surface area contributed by atoms with Crippen molar-refractivity contribution in [2.75, 3.05) is 13.1 Å². The number of likely N-dealkylation sites (tertiary alicyclic amines) is 1. The lowest BCUT2D eigenvalue weighted by molar-refractivity contribution is -0.118. The van der Waals surface area contributed by atoms with Crippen LogP contribution in [0.5, 0.6) is 0 Å². The summed E-state index contributed by atoms with van der Waals surface area (Å²) in [7, 11) is 0. The second-order valence-corrected chi connectivity index (χ2v) is 7.29. The fourth-order valence-corrected chi connectivity index (χ4v) is 3.88. The van der Waals surface area contributed by atoms with E-state index >= 15 is 0 Å². The normalized spacial score (nSPS) is 17.9. The molecule has 9 heteroatoms. The molecule has 2 aromatic heterocycles. The fraction of sp³-hybridized carbons (Fsp3) is 0.533. The Bertz CT molecular complexity index is 748. The fourth-order valence-electron chi connectivity index (χ4n) is 2.83. The SMILES string of the molecule is Cc1nc([C@@H]2CCCN(C(=O)c3cn(CC(N)=O)nn3)C2)sc1C. The molecule has 0 radical (unpaired) electrons. The summed E-state index contributed by atoms with van der Waals surface area (Å²) in [6.07, 6.45) is 3.43. The first-order valence-corrected chi connectivity index (χ1v) is 8.67. The van der Waals surface area contributed by atoms with E-state index in [1.54, 1.807) is 16.2 Å². The van der Waals surface area contributed by atoms with Crippen LogP contribution in [0.2, 0.25) is 0 Å². The van der Waals surface area contributed by atoms with Gasteiger partial charge in [0.1, 0.15) is 6.54 Å². The number of thiazole rings is 1. The van der Waals surface area contributed by atoms with Gasteiger partial charge in [-0.15, -0.1) is 16.4 Å². The molecule has 1 saturated heterocycles. The zero-order valence-corrected chi connectivity index (χ0v) is 14.5. The Labute approximate surface area is 143 Å². The smallest absolute Gasteiger partial charge is 0.276 e. The molecule has 1 atom stereocenters. The zero-order valence-electron chi connectivity index (χ0n) is 13.7. The van der Waals surface area contributed by atoms with Gasteiger partial charge in [0.05, 0.1) is 16.9 Å². The van der Waals surface area contributed by atoms with Crippen LogP contribution in [0.15, 0.2) is 6.20 Å². The van der Waals surface area contributed by atoms with E-state index in [4.69, 9.17) is 5.73 Å². The van der Waals surface area contributed by atoms with Crippen LogP contribution in [0.25, 0.3) is 0 Å². The summed E-state index contributed by atoms with van der Waals surface area (Å²) in [6.45, 7) is 5.33. The minimum absolute atomic E-state index is 0.0828. The van der Waals surface area contributed by atoms with E-state index in [1.165, 1.54) is 15.8 Å². The maximum absolute atomic E-state index is 12.6. The molecule has 1 aliphatic heterocycles. The van der Waals surface area contributed by atoms with Gasteiger partial charge in [-0.1, -0.05) is 5.21 Å². The van der Waals surface area contributed by atoms with Gasteiger partial charge >= 0.3 is 0 Å². The van der Waals surface area contributed by atoms with Crippen LogP contribution >= 0.6 is 11.3 Å². The van der Waals surface area contributed by atoms with Gasteiger partial charge in [0.2, 0.25) is 5.91 Å². The Morgan fingerprint density at radius 3 is 2.88 bits per heavy atom. The van der Waals surface area contributed by atoms with E-state index in [0.717, 1.165) is 23.5 Å². The highest BCUT2D eigenvalue weighted by Gasteiger charge is 2.28. The molecule has 128 valence electrons. The Morgan fingerprint density at radius 2 is 2.21 bits per heavy atom. The molecule has 2 aromatic rings. The molecule has 0 aliphatic carbocycles. The summed E-state index contributed by atoms with van der Waals surface area (Å²) >= 11 is 1.71. The van der Waals surface area contributed by atoms with Crippen molar-refractivity contribution in [2.24, 2.45) is 5.73 Å². The first-order chi connectivity index (χ1) is 11.4. The summed E-state index contributed by atoms with van der Waals surface area (Å²) in [5.41, 5.74) is 6.42. The molecule has 1 aliphatic rings. The molecule has 0 unspecified atom stereocenters. The third-order valence-electron chi connectivity index (χ3n) is 4.18. The highest BCUT2D eigenvalue weighted by Crippen LogP contribution is 2.31. The number of rotatable bonds is 4. The van der Waals surface area contributed by atoms with Gasteiger partial charge in [-0.3, -0.25) is 9.59 Å². The predicted octanol–water partition coefficient (Wildman–Crippen LogP) is 0.857. The van der Waals surface area contributed by atoms with Crippen LogP contribution in [0.4, 0.5) is 0 Å². The average Bonchev–Trinajstić information content (AvgIpc) is 3.13. The van der Waals surface area contributed by atoms with Crippen LogP contribution in [0.3, 0.4) is 0 Å². The molecule has 0 saturated carbocycles. The van der Waals surface area contributed by atoms with Crippen LogP contribution in [0, 0.1) is 13.8 Å². The number of amides is 2. The van der Waals surface area contributed by atoms with Gasteiger partial charge in [-0.25, -0.2) is 9.67 Å². The van der Waals surface area contributed by atoms with Crippen molar-refractivity contribution in [1.82, 2.24) is 24.9 Å². The molecule has 1 fully saturated rings. The molecule has 3 heterocycles. The summed E-state index contributed by atoms with van der Waals surface area (Å²) in [4.78, 5) is 31.2. The Kier molecular flexibility index (Phi) is 4.61. The van der Waals surface area contributed by atoms with Crippen molar-refractivity contribution in [3.63, 3.8) is 0 Å². The molecule has 24 heavy (non-hydrogen) atoms. The van der Waals surface area contributed by atoms with Gasteiger partial charge < -0.3 is 10.6 Å². The van der Waals surface area contributed by atoms with Crippen molar-refractivity contribution < 1.29 is 9.59 Å². The van der Waals surface area contributed by atoms with E-state index in [9.17, 15) is 9.59 Å². The van der Waals surface area contributed by atoms with Crippen molar-refractivity contribution in [3.05, 3.63) is 27.5 Å². The molecular weight excluding hydrogens is 328 g/mol. The first-order valence-electron chi connectivity index (χ1n) is 7.85. The summed E-state index contributed by atoms with van der Waals surface area (Å²) in [6, 6.07) is 0. The third-order valence-corrected chi connectivity index (χ3v) is 5.41. The Morgan fingerprint density at radius 1 is 1.42 bits per heavy atom. The number of carbonyl (C=O) groups excluding carboxylic acids is 2. The van der Waals surface area contributed by atoms with Gasteiger partial charge in [0.25, 0.3) is 5.91 Å². The van der Waals surface area contributed by atoms with E-state index in [0.29, 0.717) is 13.1 Å². The Hall–Kier alpha value is -2.29. The van der Waals surface area contributed by atoms with Crippen LogP contribution in [0.1, 0.15) is 44.8 Å². The Balaban J connectivity index is 1.70. The lowest BCUT2D eigenvalue weighted by Crippen LogP contribution is -2.39. The number of nitrogens with zero attached hydrogens (tertiary/aromatic N) is 5. The first kappa shape index (κ1) is 16.6. The molecule has 0 aromatic carbocycles. The van der Waals surface area contributed by atoms with E-state index < -0.39 is 5.91 Å². The lowest BCUT2D eigenvalue weighted by atomic mass is 9.98. The van der Waals surface area contributed by atoms with Crippen molar-refractivity contribution >= 4 is 23.2 Å². The monoisotopic (exact) mass is 348 g/mol. The zero-order chi connectivity index (χ0) is 17.3. The molecule has 3 rings (SSSR count). The number of aromatic nitrogens is 4. The molecular formula is C15H20N6O2S. The second kappa shape index (κ2) is 6.68. The van der Waals surface area contributed by atoms with Gasteiger partial charge in [-0.2, -0.15) is 0 Å². The number of hydrogen-bond donors (Lipinski definition) is 1. The highest BCUT2D eigenvalue weighted by atomic mass is 32.1. The van der Waals surface area contributed by atoms with Crippen molar-refractivity contribution in [3.8, 4) is 0 Å². The standard InChI is InChI=1S/C15H20N6O2S/c1-9-10(2)24-14(17-9)11-4-3-5-20(6-11)15(23)12-7-21(19-18-12)8-13(16)22/h7,11H,3-6,8H2,1-2H3,(H2,16,22)/t11-/m1/s1. The summed E-state index contributed by atoms with van der Waals surface area (Å²) in [5, 5.41) is 8.73. The molecule has 2 amide bonds. The average molecular weight is 348 g/mol. The van der Waals surface area contributed by atoms with Gasteiger partial charge in [0.15, 0.2) is 5.69 Å². The topological polar surface area (TPSA) is 107 Å². The number of hydrogen-bond acceptors (Lipinski definition) is 6. The van der Waals surface area contributed by atoms with E-state index in [-0.39, 0.29) is 24.1 Å². The number of piperidine rings is 1. The predicted molar refractivity (Wildman–Crippen MR) is 88.7 cm³/mol. The van der Waals surface area contributed by atoms with Crippen LogP contribution in [-0.2, 0) is 11.3 Å². The number of aryl methyl sites for hydroxylation is 2. The minimum atomic E-state index is -0.522. The van der Waals surface area contributed by atoms with Crippen LogP contribution in [-0.4, -0.2) is 49.8 Å². The van der Waals surface area contributed by atoms with E-state index in [2.05, 4.69) is 22.2 Å². The van der Waals surface area contributed by atoms with Gasteiger partial charge in [-0.05, 0) is 26.7 Å². The number of primary amides is 1. The third kappa shape index (κ3) is 3.45. The largest absolute Gasteiger partial charge is 0.368 e. The van der Waals surface area contributed by atoms with Crippen molar-refractivity contribution in [1.29, 1.82) is 0 Å². The van der Waals surface area contributed by atoms with Crippen LogP contribution < -0.4 is 5.73 Å². The number of carbonyl (C=O) groups is 2. The molecule has 0 spiro atoms. The summed E-state index contributed by atoms with van der Waals surface area (Å²) in [5.74, 6) is -0.423. The van der Waals surface area contributed by atoms with E-state index in [1.807, 2.05) is 6.92 Å². The molecule has 2 N–H and O–H groups in total. The second-order valence-electron chi connectivity index (χ2n) is 6.05. The maximum atomic E-state index is 12.6.